The van der Waals surface area contributed by atoms with Crippen molar-refractivity contribution in [2.75, 3.05) is 6.61 Å². The van der Waals surface area contributed by atoms with Crippen molar-refractivity contribution in [1.29, 1.82) is 0 Å². The minimum atomic E-state index is -0.433. The maximum absolute atomic E-state index is 5.70. The zero-order valence-corrected chi connectivity index (χ0v) is 9.60. The lowest BCUT2D eigenvalue weighted by Crippen LogP contribution is -2.28. The topological polar surface area (TPSA) is 9.23 Å². The van der Waals surface area contributed by atoms with Crippen LogP contribution in [0.25, 0.3) is 0 Å². The van der Waals surface area contributed by atoms with Crippen LogP contribution < -0.4 is 0 Å². The summed E-state index contributed by atoms with van der Waals surface area (Å²) in [7, 11) is 0.800. The molecule has 0 spiro atoms. The van der Waals surface area contributed by atoms with E-state index in [1.54, 1.807) is 0 Å². The number of rotatable bonds is 2. The molecule has 57 valence electrons. The Morgan fingerprint density at radius 2 is 2.40 bits per heavy atom. The maximum Gasteiger partial charge on any atom is 0.214 e. The van der Waals surface area contributed by atoms with Gasteiger partial charge in [-0.1, -0.05) is 12.5 Å². The van der Waals surface area contributed by atoms with E-state index in [1.807, 2.05) is 0 Å². The molecule has 10 heavy (non-hydrogen) atoms. The Kier molecular flexibility index (Phi) is 3.38. The molecule has 1 heterocycles. The van der Waals surface area contributed by atoms with Gasteiger partial charge in [0.05, 0.1) is 0 Å². The van der Waals surface area contributed by atoms with Gasteiger partial charge in [-0.3, -0.25) is 0 Å². The highest BCUT2D eigenvalue weighted by Gasteiger charge is 2.21. The first-order valence-electron chi connectivity index (χ1n) is 3.95. The van der Waals surface area contributed by atoms with E-state index in [9.17, 15) is 0 Å². The third kappa shape index (κ3) is 2.07. The zero-order chi connectivity index (χ0) is 7.40. The van der Waals surface area contributed by atoms with Crippen molar-refractivity contribution in [2.45, 2.75) is 24.1 Å². The van der Waals surface area contributed by atoms with Gasteiger partial charge in [-0.25, -0.2) is 0 Å². The van der Waals surface area contributed by atoms with Crippen molar-refractivity contribution in [1.82, 2.24) is 0 Å². The first-order valence-corrected chi connectivity index (χ1v) is 6.80. The summed E-state index contributed by atoms with van der Waals surface area (Å²) in [5.41, 5.74) is 0. The van der Waals surface area contributed by atoms with E-state index in [-0.39, 0.29) is 0 Å². The zero-order valence-electron chi connectivity index (χ0n) is 6.60. The first-order chi connectivity index (χ1) is 4.84. The van der Waals surface area contributed by atoms with E-state index in [4.69, 9.17) is 4.43 Å². The standard InChI is InChI=1S/C7H15OSi2/c1-2-7(9)10-6-4-3-5-8-10/h2,7H,1,3-6H2,9H3. The summed E-state index contributed by atoms with van der Waals surface area (Å²) in [5, 5.41) is 0.769. The third-order valence-corrected chi connectivity index (χ3v) is 7.04. The molecule has 1 radical (unpaired) electrons. The molecule has 0 bridgehead atoms. The van der Waals surface area contributed by atoms with Crippen molar-refractivity contribution in [2.24, 2.45) is 0 Å². The molecular formula is C7H15OSi2. The van der Waals surface area contributed by atoms with Crippen LogP contribution in [-0.4, -0.2) is 25.9 Å². The highest BCUT2D eigenvalue weighted by Crippen LogP contribution is 2.19. The Balaban J connectivity index is 2.30. The number of allylic oxidation sites excluding steroid dienone is 1. The Morgan fingerprint density at radius 3 is 2.90 bits per heavy atom. The number of hydrogen-bond donors (Lipinski definition) is 0. The van der Waals surface area contributed by atoms with E-state index < -0.39 is 9.04 Å². The molecule has 1 fully saturated rings. The lowest BCUT2D eigenvalue weighted by molar-refractivity contribution is 0.287. The molecule has 0 aromatic heterocycles. The molecule has 1 nitrogen and oxygen atoms in total. The second kappa shape index (κ2) is 4.10. The lowest BCUT2D eigenvalue weighted by atomic mass is 10.4. The fourth-order valence-corrected chi connectivity index (χ4v) is 4.66. The van der Waals surface area contributed by atoms with Crippen LogP contribution in [0.3, 0.4) is 0 Å². The van der Waals surface area contributed by atoms with Crippen LogP contribution in [0.5, 0.6) is 0 Å². The molecular weight excluding hydrogens is 156 g/mol. The molecule has 1 aliphatic heterocycles. The van der Waals surface area contributed by atoms with E-state index >= 15 is 0 Å². The summed E-state index contributed by atoms with van der Waals surface area (Å²) >= 11 is 0. The molecule has 1 rings (SSSR count). The van der Waals surface area contributed by atoms with Gasteiger partial charge in [0.2, 0.25) is 9.04 Å². The quantitative estimate of drug-likeness (QED) is 0.438. The van der Waals surface area contributed by atoms with Gasteiger partial charge in [0.25, 0.3) is 0 Å². The van der Waals surface area contributed by atoms with Crippen LogP contribution in [-0.2, 0) is 4.43 Å². The second-order valence-corrected chi connectivity index (χ2v) is 7.83. The summed E-state index contributed by atoms with van der Waals surface area (Å²) < 4.78 is 5.70. The van der Waals surface area contributed by atoms with Crippen LogP contribution in [0.4, 0.5) is 0 Å². The average molecular weight is 171 g/mol. The molecule has 0 amide bonds. The lowest BCUT2D eigenvalue weighted by Gasteiger charge is -2.23. The maximum atomic E-state index is 5.70. The predicted octanol–water partition coefficient (Wildman–Crippen LogP) is 0.667. The summed E-state index contributed by atoms with van der Waals surface area (Å²) in [5.74, 6) is 0. The third-order valence-electron chi connectivity index (χ3n) is 1.97. The van der Waals surface area contributed by atoms with Gasteiger partial charge >= 0.3 is 0 Å². The summed E-state index contributed by atoms with van der Waals surface area (Å²) in [6.07, 6.45) is 4.76. The number of hydrogen-bond acceptors (Lipinski definition) is 1. The summed E-state index contributed by atoms with van der Waals surface area (Å²) in [6, 6.07) is 1.35. The van der Waals surface area contributed by atoms with Gasteiger partial charge in [-0.05, 0) is 17.6 Å². The average Bonchev–Trinajstić information content (AvgIpc) is 2.05. The van der Waals surface area contributed by atoms with Gasteiger partial charge in [-0.15, -0.1) is 6.58 Å². The molecule has 0 aromatic carbocycles. The van der Waals surface area contributed by atoms with Crippen LogP contribution >= 0.6 is 0 Å². The molecule has 0 saturated carbocycles. The van der Waals surface area contributed by atoms with Gasteiger partial charge in [0, 0.05) is 16.8 Å². The SMILES string of the molecule is C=CC([SiH3])[Si]1CCCCO1. The van der Waals surface area contributed by atoms with Crippen LogP contribution in [0.2, 0.25) is 11.2 Å². The van der Waals surface area contributed by atoms with Gasteiger partial charge < -0.3 is 4.43 Å². The van der Waals surface area contributed by atoms with E-state index in [0.717, 1.165) is 11.8 Å². The minimum Gasteiger partial charge on any atom is -0.416 e. The Hall–Kier alpha value is 0.134. The Bertz CT molecular complexity index is 110. The molecule has 1 atom stereocenters. The van der Waals surface area contributed by atoms with Gasteiger partial charge in [0.15, 0.2) is 0 Å². The molecule has 0 aliphatic carbocycles. The van der Waals surface area contributed by atoms with Crippen molar-refractivity contribution < 1.29 is 4.43 Å². The van der Waals surface area contributed by atoms with E-state index in [2.05, 4.69) is 12.7 Å². The van der Waals surface area contributed by atoms with Crippen molar-refractivity contribution in [3.63, 3.8) is 0 Å². The summed E-state index contributed by atoms with van der Waals surface area (Å²) in [6.45, 7) is 4.83. The van der Waals surface area contributed by atoms with E-state index in [0.29, 0.717) is 0 Å². The highest BCUT2D eigenvalue weighted by atomic mass is 28.3. The van der Waals surface area contributed by atoms with Gasteiger partial charge in [0.1, 0.15) is 0 Å². The largest absolute Gasteiger partial charge is 0.416 e. The van der Waals surface area contributed by atoms with Crippen LogP contribution in [0.1, 0.15) is 12.8 Å². The monoisotopic (exact) mass is 171 g/mol. The van der Waals surface area contributed by atoms with Gasteiger partial charge in [-0.2, -0.15) is 0 Å². The minimum absolute atomic E-state index is 0.433. The highest BCUT2D eigenvalue weighted by molar-refractivity contribution is 6.63. The molecule has 1 aliphatic rings. The fourth-order valence-electron chi connectivity index (χ4n) is 1.17. The molecule has 3 heteroatoms. The Morgan fingerprint density at radius 1 is 1.60 bits per heavy atom. The normalized spacial score (nSPS) is 24.4. The van der Waals surface area contributed by atoms with Crippen LogP contribution in [0, 0.1) is 0 Å². The molecule has 1 unspecified atom stereocenters. The molecule has 1 saturated heterocycles. The van der Waals surface area contributed by atoms with Crippen molar-refractivity contribution in [3.05, 3.63) is 12.7 Å². The van der Waals surface area contributed by atoms with Crippen molar-refractivity contribution in [3.8, 4) is 0 Å². The fraction of sp³-hybridized carbons (Fsp3) is 0.714. The Labute approximate surface area is 67.6 Å². The molecule has 0 N–H and O–H groups in total. The molecule has 0 aromatic rings. The van der Waals surface area contributed by atoms with Crippen LogP contribution in [0.15, 0.2) is 12.7 Å². The summed E-state index contributed by atoms with van der Waals surface area (Å²) in [4.78, 5) is 0. The first kappa shape index (κ1) is 8.23. The smallest absolute Gasteiger partial charge is 0.214 e. The van der Waals surface area contributed by atoms with E-state index in [1.165, 1.54) is 29.1 Å². The second-order valence-electron chi connectivity index (χ2n) is 2.80. The predicted molar refractivity (Wildman–Crippen MR) is 49.6 cm³/mol. The van der Waals surface area contributed by atoms with Crippen molar-refractivity contribution >= 4 is 19.3 Å².